The average Bonchev–Trinajstić information content (AvgIpc) is 3.25. The fourth-order valence-corrected chi connectivity index (χ4v) is 3.06. The van der Waals surface area contributed by atoms with Crippen molar-refractivity contribution in [1.82, 2.24) is 24.4 Å². The van der Waals surface area contributed by atoms with Gasteiger partial charge in [-0.3, -0.25) is 9.67 Å². The van der Waals surface area contributed by atoms with Crippen molar-refractivity contribution in [3.05, 3.63) is 65.8 Å². The highest BCUT2D eigenvalue weighted by Gasteiger charge is 2.18. The van der Waals surface area contributed by atoms with Gasteiger partial charge in [0.05, 0.1) is 24.3 Å². The van der Waals surface area contributed by atoms with E-state index in [1.807, 2.05) is 33.2 Å². The van der Waals surface area contributed by atoms with E-state index in [1.165, 1.54) is 12.3 Å². The molecule has 4 heterocycles. The Hall–Kier alpha value is -3.73. The predicted molar refractivity (Wildman–Crippen MR) is 100 cm³/mol. The summed E-state index contributed by atoms with van der Waals surface area (Å²) in [6, 6.07) is 6.92. The van der Waals surface area contributed by atoms with Gasteiger partial charge in [0, 0.05) is 30.1 Å². The van der Waals surface area contributed by atoms with Crippen molar-refractivity contribution >= 4 is 5.52 Å². The van der Waals surface area contributed by atoms with Gasteiger partial charge in [-0.1, -0.05) is 0 Å². The summed E-state index contributed by atoms with van der Waals surface area (Å²) in [7, 11) is 1.87. The van der Waals surface area contributed by atoms with Crippen LogP contribution >= 0.6 is 0 Å². The number of halogens is 1. The summed E-state index contributed by atoms with van der Waals surface area (Å²) in [5.41, 5.74) is 4.35. The number of aromatic nitrogens is 5. The SMILES string of the molecule is Cc1c(-c2cc(O[C@H](C)c3ccc(F)cn3)c3c(C#N)cnn3c2)cnn1C. The minimum absolute atomic E-state index is 0.406. The van der Waals surface area contributed by atoms with Crippen molar-refractivity contribution < 1.29 is 9.13 Å². The number of ether oxygens (including phenoxy) is 1. The number of fused-ring (bicyclic) bond motifs is 1. The Labute approximate surface area is 160 Å². The van der Waals surface area contributed by atoms with Crippen molar-refractivity contribution in [2.24, 2.45) is 7.05 Å². The van der Waals surface area contributed by atoms with Gasteiger partial charge in [0.1, 0.15) is 34.8 Å². The number of nitriles is 1. The molecule has 0 aromatic carbocycles. The summed E-state index contributed by atoms with van der Waals surface area (Å²) < 4.78 is 22.7. The first-order valence-electron chi connectivity index (χ1n) is 8.66. The molecule has 0 saturated heterocycles. The highest BCUT2D eigenvalue weighted by Crippen LogP contribution is 2.33. The fourth-order valence-electron chi connectivity index (χ4n) is 3.06. The Kier molecular flexibility index (Phi) is 4.28. The van der Waals surface area contributed by atoms with Gasteiger partial charge in [0.15, 0.2) is 0 Å². The summed E-state index contributed by atoms with van der Waals surface area (Å²) in [6.07, 6.45) is 5.83. The minimum Gasteiger partial charge on any atom is -0.482 e. The molecule has 28 heavy (non-hydrogen) atoms. The van der Waals surface area contributed by atoms with Crippen LogP contribution in [0.3, 0.4) is 0 Å². The molecule has 4 aromatic rings. The maximum absolute atomic E-state index is 13.2. The van der Waals surface area contributed by atoms with Crippen LogP contribution in [0.5, 0.6) is 5.75 Å². The predicted octanol–water partition coefficient (Wildman–Crippen LogP) is 3.59. The number of pyridine rings is 2. The molecule has 140 valence electrons. The molecule has 0 aliphatic rings. The van der Waals surface area contributed by atoms with E-state index >= 15 is 0 Å². The van der Waals surface area contributed by atoms with E-state index in [1.54, 1.807) is 21.5 Å². The lowest BCUT2D eigenvalue weighted by atomic mass is 10.1. The molecule has 4 aromatic heterocycles. The number of hydrogen-bond donors (Lipinski definition) is 0. The van der Waals surface area contributed by atoms with E-state index in [9.17, 15) is 9.65 Å². The zero-order valence-electron chi connectivity index (χ0n) is 15.6. The standard InChI is InChI=1S/C20H17FN6O/c1-12-17(10-24-26(12)3)14-6-19(20-15(7-22)8-25-27(20)11-14)28-13(2)18-5-4-16(21)9-23-18/h4-6,8-11,13H,1-3H3/t13-/m1/s1. The fraction of sp³-hybridized carbons (Fsp3) is 0.200. The summed E-state index contributed by atoms with van der Waals surface area (Å²) in [5, 5.41) is 18.0. The average molecular weight is 376 g/mol. The molecular formula is C20H17FN6O. The summed E-state index contributed by atoms with van der Waals surface area (Å²) >= 11 is 0. The monoisotopic (exact) mass is 376 g/mol. The van der Waals surface area contributed by atoms with Crippen LogP contribution in [0.4, 0.5) is 4.39 Å². The highest BCUT2D eigenvalue weighted by molar-refractivity contribution is 5.76. The van der Waals surface area contributed by atoms with Crippen LogP contribution in [0.25, 0.3) is 16.6 Å². The van der Waals surface area contributed by atoms with E-state index < -0.39 is 11.9 Å². The molecule has 0 N–H and O–H groups in total. The molecule has 0 amide bonds. The third kappa shape index (κ3) is 2.97. The van der Waals surface area contributed by atoms with Gasteiger partial charge in [-0.25, -0.2) is 8.91 Å². The smallest absolute Gasteiger partial charge is 0.148 e. The Morgan fingerprint density at radius 1 is 1.21 bits per heavy atom. The quantitative estimate of drug-likeness (QED) is 0.544. The van der Waals surface area contributed by atoms with Gasteiger partial charge in [0.2, 0.25) is 0 Å². The number of rotatable bonds is 4. The third-order valence-corrected chi connectivity index (χ3v) is 4.71. The van der Waals surface area contributed by atoms with Crippen molar-refractivity contribution in [2.45, 2.75) is 20.0 Å². The van der Waals surface area contributed by atoms with Gasteiger partial charge in [-0.05, 0) is 32.0 Å². The zero-order chi connectivity index (χ0) is 19.8. The molecule has 0 bridgehead atoms. The lowest BCUT2D eigenvalue weighted by Gasteiger charge is -2.16. The molecule has 8 heteroatoms. The van der Waals surface area contributed by atoms with E-state index in [0.717, 1.165) is 23.0 Å². The number of hydrogen-bond acceptors (Lipinski definition) is 5. The van der Waals surface area contributed by atoms with Crippen LogP contribution in [-0.4, -0.2) is 24.4 Å². The minimum atomic E-state index is -0.448. The van der Waals surface area contributed by atoms with Gasteiger partial charge < -0.3 is 4.74 Å². The molecule has 0 saturated carbocycles. The Morgan fingerprint density at radius 2 is 2.04 bits per heavy atom. The van der Waals surface area contributed by atoms with Crippen LogP contribution in [0.2, 0.25) is 0 Å². The lowest BCUT2D eigenvalue weighted by Crippen LogP contribution is -2.07. The van der Waals surface area contributed by atoms with Gasteiger partial charge in [-0.15, -0.1) is 0 Å². The van der Waals surface area contributed by atoms with E-state index in [-0.39, 0.29) is 0 Å². The molecule has 1 atom stereocenters. The normalized spacial score (nSPS) is 12.1. The molecule has 0 radical (unpaired) electrons. The largest absolute Gasteiger partial charge is 0.482 e. The molecule has 4 rings (SSSR count). The first-order valence-corrected chi connectivity index (χ1v) is 8.66. The highest BCUT2D eigenvalue weighted by atomic mass is 19.1. The van der Waals surface area contributed by atoms with Crippen LogP contribution in [-0.2, 0) is 7.05 Å². The van der Waals surface area contributed by atoms with Crippen LogP contribution in [0.1, 0.15) is 30.0 Å². The maximum Gasteiger partial charge on any atom is 0.148 e. The zero-order valence-corrected chi connectivity index (χ0v) is 15.6. The maximum atomic E-state index is 13.2. The van der Waals surface area contributed by atoms with Gasteiger partial charge >= 0.3 is 0 Å². The number of aryl methyl sites for hydroxylation is 1. The second kappa shape index (κ2) is 6.78. The molecule has 0 aliphatic heterocycles. The number of nitrogens with zero attached hydrogens (tertiary/aromatic N) is 6. The molecule has 0 unspecified atom stereocenters. The summed E-state index contributed by atoms with van der Waals surface area (Å²) in [6.45, 7) is 3.79. The van der Waals surface area contributed by atoms with E-state index in [4.69, 9.17) is 4.74 Å². The van der Waals surface area contributed by atoms with Crippen LogP contribution < -0.4 is 4.74 Å². The Morgan fingerprint density at radius 3 is 2.68 bits per heavy atom. The van der Waals surface area contributed by atoms with Crippen LogP contribution in [0.15, 0.2) is 43.0 Å². The van der Waals surface area contributed by atoms with Gasteiger partial charge in [-0.2, -0.15) is 15.5 Å². The van der Waals surface area contributed by atoms with Crippen molar-refractivity contribution in [3.8, 4) is 22.9 Å². The Balaban J connectivity index is 1.83. The second-order valence-corrected chi connectivity index (χ2v) is 6.48. The molecular weight excluding hydrogens is 359 g/mol. The first-order chi connectivity index (χ1) is 13.5. The van der Waals surface area contributed by atoms with Crippen molar-refractivity contribution in [2.75, 3.05) is 0 Å². The first kappa shape index (κ1) is 17.7. The topological polar surface area (TPSA) is 81.0 Å². The lowest BCUT2D eigenvalue weighted by molar-refractivity contribution is 0.224. The summed E-state index contributed by atoms with van der Waals surface area (Å²) in [4.78, 5) is 4.08. The van der Waals surface area contributed by atoms with E-state index in [0.29, 0.717) is 22.5 Å². The molecule has 7 nitrogen and oxygen atoms in total. The molecule has 0 spiro atoms. The van der Waals surface area contributed by atoms with Crippen LogP contribution in [0, 0.1) is 24.1 Å². The second-order valence-electron chi connectivity index (χ2n) is 6.48. The van der Waals surface area contributed by atoms with Gasteiger partial charge in [0.25, 0.3) is 0 Å². The van der Waals surface area contributed by atoms with Crippen molar-refractivity contribution in [3.63, 3.8) is 0 Å². The molecule has 0 aliphatic carbocycles. The third-order valence-electron chi connectivity index (χ3n) is 4.71. The molecule has 0 fully saturated rings. The Bertz CT molecular complexity index is 1200. The van der Waals surface area contributed by atoms with Crippen molar-refractivity contribution in [1.29, 1.82) is 5.26 Å². The summed E-state index contributed by atoms with van der Waals surface area (Å²) in [5.74, 6) is 0.0865. The van der Waals surface area contributed by atoms with E-state index in [2.05, 4.69) is 21.3 Å².